The van der Waals surface area contributed by atoms with Crippen molar-refractivity contribution in [2.75, 3.05) is 22.1 Å². The van der Waals surface area contributed by atoms with E-state index in [0.29, 0.717) is 20.9 Å². The van der Waals surface area contributed by atoms with Crippen LogP contribution >= 0.6 is 45.7 Å². The Morgan fingerprint density at radius 2 is 1.34 bits per heavy atom. The third-order valence-electron chi connectivity index (χ3n) is 10.4. The lowest BCUT2D eigenvalue weighted by molar-refractivity contribution is -0.153. The largest absolute Gasteiger partial charge is 0.477 e. The number of rotatable bonds is 16. The molecule has 3 heterocycles. The number of anilines is 1. The number of nitrogens with one attached hydrogen (secondary N) is 2. The summed E-state index contributed by atoms with van der Waals surface area (Å²) in [6.45, 7) is -0.651. The first-order chi connectivity index (χ1) is 30.3. The summed E-state index contributed by atoms with van der Waals surface area (Å²) in [7, 11) is 0. The third-order valence-corrected chi connectivity index (χ3v) is 13.4. The smallest absolute Gasteiger partial charge is 0.352 e. The van der Waals surface area contributed by atoms with Gasteiger partial charge in [-0.3, -0.25) is 14.5 Å². The van der Waals surface area contributed by atoms with Crippen molar-refractivity contribution in [1.82, 2.24) is 15.2 Å². The van der Waals surface area contributed by atoms with E-state index in [1.807, 2.05) is 152 Å². The fourth-order valence-electron chi connectivity index (χ4n) is 7.48. The van der Waals surface area contributed by atoms with Gasteiger partial charge in [0.15, 0.2) is 16.9 Å². The van der Waals surface area contributed by atoms with E-state index >= 15 is 0 Å². The van der Waals surface area contributed by atoms with Gasteiger partial charge in [0.05, 0.1) is 0 Å². The average Bonchev–Trinajstić information content (AvgIpc) is 3.79. The maximum atomic E-state index is 14.3. The first-order valence-corrected chi connectivity index (χ1v) is 22.9. The summed E-state index contributed by atoms with van der Waals surface area (Å²) in [5.74, 6) is -2.93. The molecule has 0 spiro atoms. The maximum Gasteiger partial charge on any atom is 0.352 e. The average molecular weight is 976 g/mol. The second-order valence-corrected chi connectivity index (χ2v) is 16.9. The van der Waals surface area contributed by atoms with E-state index in [2.05, 4.69) is 38.4 Å². The number of nitrogens with zero attached hydrogens (tertiary/aromatic N) is 3. The molecule has 15 heteroatoms. The Balaban J connectivity index is 1.11. The molecule has 2 aliphatic heterocycles. The Morgan fingerprint density at radius 1 is 0.823 bits per heavy atom. The van der Waals surface area contributed by atoms with Gasteiger partial charge in [-0.1, -0.05) is 179 Å². The Bertz CT molecular complexity index is 2480. The predicted octanol–water partition coefficient (Wildman–Crippen LogP) is 7.77. The van der Waals surface area contributed by atoms with Gasteiger partial charge in [-0.25, -0.2) is 14.6 Å². The van der Waals surface area contributed by atoms with Crippen molar-refractivity contribution >= 4 is 80.3 Å². The SMILES string of the molecule is O=C(CON=C(C(=O)N[C@@H]1C(=O)N2C(C(=O)O)=C(CI)CS[C@@H]12)c1csc(NC(c2ccccc2)(c2ccccc2)c2ccccc2)n1)OC(c1ccccc1)c1ccccc1. The molecule has 8 rings (SSSR count). The number of β-lactam (4-membered cyclic amide) rings is 1. The Hall–Kier alpha value is -6.30. The van der Waals surface area contributed by atoms with Crippen LogP contribution in [0.4, 0.5) is 5.13 Å². The summed E-state index contributed by atoms with van der Waals surface area (Å²) >= 11 is 4.67. The first kappa shape index (κ1) is 42.4. The zero-order valence-corrected chi connectivity index (χ0v) is 36.6. The van der Waals surface area contributed by atoms with Gasteiger partial charge in [-0.15, -0.1) is 23.1 Å². The molecule has 0 saturated carbocycles. The molecule has 0 bridgehead atoms. The Labute approximate surface area is 379 Å². The van der Waals surface area contributed by atoms with E-state index in [1.54, 1.807) is 5.38 Å². The minimum atomic E-state index is -1.20. The van der Waals surface area contributed by atoms with Crippen molar-refractivity contribution in [1.29, 1.82) is 0 Å². The van der Waals surface area contributed by atoms with Crippen LogP contribution in [0.25, 0.3) is 0 Å². The van der Waals surface area contributed by atoms with Crippen molar-refractivity contribution in [3.63, 3.8) is 0 Å². The molecule has 2 atom stereocenters. The number of hydrogen-bond donors (Lipinski definition) is 3. The summed E-state index contributed by atoms with van der Waals surface area (Å²) in [5.41, 5.74) is 3.75. The molecule has 12 nitrogen and oxygen atoms in total. The van der Waals surface area contributed by atoms with Crippen molar-refractivity contribution < 1.29 is 33.9 Å². The number of ether oxygens (including phenoxy) is 1. The van der Waals surface area contributed by atoms with E-state index in [1.165, 1.54) is 28.0 Å². The van der Waals surface area contributed by atoms with E-state index in [9.17, 15) is 24.3 Å². The van der Waals surface area contributed by atoms with Crippen molar-refractivity contribution in [3.8, 4) is 0 Å². The molecule has 0 unspecified atom stereocenters. The number of fused-ring (bicyclic) bond motifs is 1. The molecule has 6 aromatic rings. The van der Waals surface area contributed by atoms with Crippen LogP contribution in [0.5, 0.6) is 0 Å². The number of amides is 2. The number of alkyl halides is 1. The number of thioether (sulfide) groups is 1. The van der Waals surface area contributed by atoms with Crippen LogP contribution in [0.2, 0.25) is 0 Å². The van der Waals surface area contributed by atoms with Gasteiger partial charge in [-0.2, -0.15) is 0 Å². The zero-order chi connectivity index (χ0) is 43.1. The number of hydrogen-bond acceptors (Lipinski definition) is 11. The van der Waals surface area contributed by atoms with E-state index in [0.717, 1.165) is 27.8 Å². The number of thiazole rings is 1. The topological polar surface area (TPSA) is 160 Å². The fraction of sp³-hybridized carbons (Fsp3) is 0.149. The predicted molar refractivity (Wildman–Crippen MR) is 247 cm³/mol. The lowest BCUT2D eigenvalue weighted by Crippen LogP contribution is -2.71. The Kier molecular flexibility index (Phi) is 13.1. The lowest BCUT2D eigenvalue weighted by Gasteiger charge is -2.49. The van der Waals surface area contributed by atoms with Gasteiger partial charge in [-0.05, 0) is 33.4 Å². The second-order valence-electron chi connectivity index (χ2n) is 14.2. The van der Waals surface area contributed by atoms with Gasteiger partial charge in [0, 0.05) is 15.6 Å². The molecule has 1 aromatic heterocycles. The standard InChI is InChI=1S/C47H38IN5O7S2/c48-26-32-28-61-44-39(43(56)53(44)40(32)45(57)58)50-42(55)38(52-59-27-37(54)60-41(30-16-6-1-7-17-30)31-18-8-2-9-19-31)36-29-62-46(49-36)51-47(33-20-10-3-11-21-33,34-22-12-4-13-23-34)35-24-14-5-15-25-35/h1-25,29,39,41,44H,26-28H2,(H,49,51)(H,50,55)(H,57,58)/t39-,44+/m1/s1. The highest BCUT2D eigenvalue weighted by molar-refractivity contribution is 14.1. The number of carbonyl (C=O) groups is 4. The number of aliphatic carboxylic acids is 1. The quantitative estimate of drug-likeness (QED) is 0.0166. The van der Waals surface area contributed by atoms with Gasteiger partial charge in [0.25, 0.3) is 11.8 Å². The van der Waals surface area contributed by atoms with Gasteiger partial charge < -0.3 is 25.3 Å². The minimum Gasteiger partial charge on any atom is -0.477 e. The normalized spacial score (nSPS) is 16.3. The van der Waals surface area contributed by atoms with Crippen molar-refractivity contribution in [2.24, 2.45) is 5.16 Å². The first-order valence-electron chi connectivity index (χ1n) is 19.4. The van der Waals surface area contributed by atoms with Crippen LogP contribution in [0.1, 0.15) is 39.6 Å². The van der Waals surface area contributed by atoms with E-state index in [-0.39, 0.29) is 17.1 Å². The molecule has 2 aliphatic rings. The van der Waals surface area contributed by atoms with Crippen LogP contribution in [0.3, 0.4) is 0 Å². The number of oxime groups is 1. The molecule has 1 saturated heterocycles. The van der Waals surface area contributed by atoms with Gasteiger partial charge in [0.2, 0.25) is 6.61 Å². The summed E-state index contributed by atoms with van der Waals surface area (Å²) < 4.78 is 6.34. The molecule has 312 valence electrons. The van der Waals surface area contributed by atoms with Gasteiger partial charge >= 0.3 is 11.9 Å². The molecule has 5 aromatic carbocycles. The summed E-state index contributed by atoms with van der Waals surface area (Å²) in [5, 5.41) is 22.0. The molecule has 62 heavy (non-hydrogen) atoms. The molecule has 1 fully saturated rings. The molecule has 3 N–H and O–H groups in total. The molecule has 2 amide bonds. The van der Waals surface area contributed by atoms with Crippen LogP contribution in [0, 0.1) is 0 Å². The molecular weight excluding hydrogens is 938 g/mol. The number of carbonyl (C=O) groups excluding carboxylic acids is 3. The summed E-state index contributed by atoms with van der Waals surface area (Å²) in [6, 6.07) is 47.4. The molecule has 0 aliphatic carbocycles. The monoisotopic (exact) mass is 975 g/mol. The van der Waals surface area contributed by atoms with Crippen LogP contribution in [0.15, 0.2) is 173 Å². The van der Waals surface area contributed by atoms with E-state index in [4.69, 9.17) is 14.6 Å². The number of esters is 1. The van der Waals surface area contributed by atoms with E-state index < -0.39 is 53.4 Å². The Morgan fingerprint density at radius 3 is 1.84 bits per heavy atom. The van der Waals surface area contributed by atoms with Gasteiger partial charge in [0.1, 0.15) is 28.3 Å². The van der Waals surface area contributed by atoms with Crippen LogP contribution in [-0.2, 0) is 34.3 Å². The number of benzene rings is 5. The highest BCUT2D eigenvalue weighted by atomic mass is 127. The number of halogens is 1. The van der Waals surface area contributed by atoms with Crippen molar-refractivity contribution in [2.45, 2.75) is 23.1 Å². The van der Waals surface area contributed by atoms with Crippen LogP contribution < -0.4 is 10.6 Å². The molecule has 0 radical (unpaired) electrons. The molecular formula is C47H38IN5O7S2. The van der Waals surface area contributed by atoms with Crippen LogP contribution in [-0.4, -0.2) is 72.7 Å². The number of carboxylic acid groups (broad SMARTS) is 1. The fourth-order valence-corrected chi connectivity index (χ4v) is 10.6. The summed E-state index contributed by atoms with van der Waals surface area (Å²) in [6.07, 6.45) is -0.732. The third kappa shape index (κ3) is 8.73. The second kappa shape index (κ2) is 19.2. The highest BCUT2D eigenvalue weighted by Crippen LogP contribution is 2.42. The zero-order valence-electron chi connectivity index (χ0n) is 32.8. The van der Waals surface area contributed by atoms with Crippen molar-refractivity contribution in [3.05, 3.63) is 202 Å². The highest BCUT2D eigenvalue weighted by Gasteiger charge is 2.54. The summed E-state index contributed by atoms with van der Waals surface area (Å²) in [4.78, 5) is 65.0. The maximum absolute atomic E-state index is 14.3. The number of aromatic nitrogens is 1. The number of carboxylic acids is 1. The minimum absolute atomic E-state index is 0.0624. The lowest BCUT2D eigenvalue weighted by atomic mass is 9.77.